The Morgan fingerprint density at radius 2 is 2.00 bits per heavy atom. The average Bonchev–Trinajstić information content (AvgIpc) is 3.30. The number of benzene rings is 1. The molecule has 3 aromatic rings. The van der Waals surface area contributed by atoms with Gasteiger partial charge in [0.1, 0.15) is 11.6 Å². The van der Waals surface area contributed by atoms with E-state index in [4.69, 9.17) is 4.74 Å². The molecule has 2 N–H and O–H groups in total. The van der Waals surface area contributed by atoms with Gasteiger partial charge in [0, 0.05) is 43.5 Å². The lowest BCUT2D eigenvalue weighted by Crippen LogP contribution is -2.35. The van der Waals surface area contributed by atoms with Crippen LogP contribution in [0.4, 0.5) is 0 Å². The molecule has 0 aliphatic carbocycles. The Bertz CT molecular complexity index is 988. The molecule has 2 aliphatic heterocycles. The molecule has 1 aromatic carbocycles. The lowest BCUT2D eigenvalue weighted by molar-refractivity contribution is 0.0826. The number of hydrogen-bond donors (Lipinski definition) is 2. The van der Waals surface area contributed by atoms with Crippen molar-refractivity contribution in [3.05, 3.63) is 41.6 Å². The fourth-order valence-corrected chi connectivity index (χ4v) is 4.30. The predicted molar refractivity (Wildman–Crippen MR) is 103 cm³/mol. The normalized spacial score (nSPS) is 20.6. The summed E-state index contributed by atoms with van der Waals surface area (Å²) in [4.78, 5) is 12.8. The van der Waals surface area contributed by atoms with Crippen LogP contribution in [0.15, 0.2) is 24.3 Å². The van der Waals surface area contributed by atoms with E-state index in [-0.39, 0.29) is 11.9 Å². The molecule has 0 spiro atoms. The molecule has 1 amide bonds. The molecule has 4 heterocycles. The van der Waals surface area contributed by atoms with Crippen LogP contribution < -0.4 is 5.32 Å². The van der Waals surface area contributed by atoms with Crippen molar-refractivity contribution in [2.24, 2.45) is 0 Å². The first-order valence-corrected chi connectivity index (χ1v) is 10.0. The topological polar surface area (TPSA) is 97.7 Å². The Kier molecular flexibility index (Phi) is 4.56. The second-order valence-electron chi connectivity index (χ2n) is 7.63. The fourth-order valence-electron chi connectivity index (χ4n) is 4.30. The number of fused-ring (bicyclic) bond motifs is 2. The van der Waals surface area contributed by atoms with Crippen LogP contribution in [0.25, 0.3) is 10.9 Å². The Morgan fingerprint density at radius 1 is 1.14 bits per heavy atom. The molecule has 0 radical (unpaired) electrons. The van der Waals surface area contributed by atoms with Crippen LogP contribution in [0, 0.1) is 0 Å². The minimum atomic E-state index is -0.121. The number of amides is 1. The minimum absolute atomic E-state index is 0.104. The number of carbonyl (C=O) groups excluding carboxylic acids is 1. The number of nitrogens with zero attached hydrogens (tertiary/aromatic N) is 4. The van der Waals surface area contributed by atoms with Crippen LogP contribution in [0.3, 0.4) is 0 Å². The molecule has 1 unspecified atom stereocenters. The fraction of sp³-hybridized carbons (Fsp3) is 0.500. The number of para-hydroxylation sites is 1. The standard InChI is InChI=1S/C20H24N6O2/c27-20(18-15-3-1-2-4-16(15)22-24-18)21-14-5-6-17-23-25-19(26(17)10-7-14)13-8-11-28-12-9-13/h1-4,13-14H,5-12H2,(H,21,27)(H,22,24). The van der Waals surface area contributed by atoms with Gasteiger partial charge in [-0.15, -0.1) is 10.2 Å². The summed E-state index contributed by atoms with van der Waals surface area (Å²) in [5, 5.41) is 20.1. The Hall–Kier alpha value is -2.74. The maximum absolute atomic E-state index is 12.8. The maximum atomic E-state index is 12.8. The highest BCUT2D eigenvalue weighted by atomic mass is 16.5. The molecule has 28 heavy (non-hydrogen) atoms. The Balaban J connectivity index is 1.28. The van der Waals surface area contributed by atoms with E-state index in [2.05, 4.69) is 30.3 Å². The molecule has 8 heteroatoms. The van der Waals surface area contributed by atoms with E-state index in [0.29, 0.717) is 11.6 Å². The van der Waals surface area contributed by atoms with Crippen LogP contribution in [0.5, 0.6) is 0 Å². The van der Waals surface area contributed by atoms with E-state index in [1.54, 1.807) is 0 Å². The minimum Gasteiger partial charge on any atom is -0.381 e. The summed E-state index contributed by atoms with van der Waals surface area (Å²) < 4.78 is 7.75. The van der Waals surface area contributed by atoms with E-state index < -0.39 is 0 Å². The van der Waals surface area contributed by atoms with Crippen LogP contribution >= 0.6 is 0 Å². The Labute approximate surface area is 162 Å². The molecule has 1 atom stereocenters. The molecular formula is C20H24N6O2. The monoisotopic (exact) mass is 380 g/mol. The quantitative estimate of drug-likeness (QED) is 0.726. The Morgan fingerprint density at radius 3 is 2.89 bits per heavy atom. The molecule has 2 aliphatic rings. The second-order valence-corrected chi connectivity index (χ2v) is 7.63. The third kappa shape index (κ3) is 3.17. The summed E-state index contributed by atoms with van der Waals surface area (Å²) in [6.07, 6.45) is 4.56. The number of hydrogen-bond acceptors (Lipinski definition) is 5. The number of aromatic nitrogens is 5. The van der Waals surface area contributed by atoms with Gasteiger partial charge < -0.3 is 14.6 Å². The first-order chi connectivity index (χ1) is 13.8. The molecule has 1 fully saturated rings. The van der Waals surface area contributed by atoms with Crippen molar-refractivity contribution >= 4 is 16.8 Å². The van der Waals surface area contributed by atoms with Crippen molar-refractivity contribution in [3.63, 3.8) is 0 Å². The van der Waals surface area contributed by atoms with E-state index >= 15 is 0 Å². The van der Waals surface area contributed by atoms with Gasteiger partial charge in [-0.3, -0.25) is 9.89 Å². The summed E-state index contributed by atoms with van der Waals surface area (Å²) in [7, 11) is 0. The summed E-state index contributed by atoms with van der Waals surface area (Å²) in [6, 6.07) is 7.80. The van der Waals surface area contributed by atoms with Gasteiger partial charge in [0.05, 0.1) is 5.52 Å². The lowest BCUT2D eigenvalue weighted by Gasteiger charge is -2.22. The van der Waals surface area contributed by atoms with Gasteiger partial charge in [0.2, 0.25) is 0 Å². The summed E-state index contributed by atoms with van der Waals surface area (Å²) in [5.41, 5.74) is 1.34. The highest BCUT2D eigenvalue weighted by Crippen LogP contribution is 2.28. The van der Waals surface area contributed by atoms with Gasteiger partial charge in [-0.25, -0.2) is 0 Å². The molecular weight excluding hydrogens is 356 g/mol. The van der Waals surface area contributed by atoms with Crippen molar-refractivity contribution in [2.45, 2.75) is 50.6 Å². The lowest BCUT2D eigenvalue weighted by atomic mass is 9.99. The molecule has 0 bridgehead atoms. The van der Waals surface area contributed by atoms with Crippen molar-refractivity contribution in [1.29, 1.82) is 0 Å². The van der Waals surface area contributed by atoms with Gasteiger partial charge in [-0.05, 0) is 31.7 Å². The third-order valence-corrected chi connectivity index (χ3v) is 5.88. The van der Waals surface area contributed by atoms with Gasteiger partial charge >= 0.3 is 0 Å². The first kappa shape index (κ1) is 17.4. The van der Waals surface area contributed by atoms with Gasteiger partial charge in [0.25, 0.3) is 5.91 Å². The van der Waals surface area contributed by atoms with Crippen LogP contribution in [0.2, 0.25) is 0 Å². The van der Waals surface area contributed by atoms with E-state index in [1.807, 2.05) is 24.3 Å². The average molecular weight is 380 g/mol. The van der Waals surface area contributed by atoms with Crippen LogP contribution in [0.1, 0.15) is 53.7 Å². The highest BCUT2D eigenvalue weighted by Gasteiger charge is 2.27. The number of nitrogens with one attached hydrogen (secondary N) is 2. The largest absolute Gasteiger partial charge is 0.381 e. The zero-order valence-electron chi connectivity index (χ0n) is 15.7. The summed E-state index contributed by atoms with van der Waals surface area (Å²) in [6.45, 7) is 2.42. The van der Waals surface area contributed by atoms with Crippen molar-refractivity contribution in [2.75, 3.05) is 13.2 Å². The van der Waals surface area contributed by atoms with E-state index in [9.17, 15) is 4.79 Å². The number of H-pyrrole nitrogens is 1. The zero-order chi connectivity index (χ0) is 18.9. The second kappa shape index (κ2) is 7.35. The number of rotatable bonds is 3. The van der Waals surface area contributed by atoms with Gasteiger partial charge in [-0.1, -0.05) is 18.2 Å². The number of aromatic amines is 1. The van der Waals surface area contributed by atoms with E-state index in [0.717, 1.165) is 74.4 Å². The zero-order valence-corrected chi connectivity index (χ0v) is 15.7. The number of carbonyl (C=O) groups is 1. The molecule has 146 valence electrons. The van der Waals surface area contributed by atoms with Crippen LogP contribution in [-0.4, -0.2) is 50.1 Å². The SMILES string of the molecule is O=C(NC1CCc2nnc(C3CCOCC3)n2CC1)c1n[nH]c2ccccc12. The van der Waals surface area contributed by atoms with Gasteiger partial charge in [0.15, 0.2) is 5.69 Å². The smallest absolute Gasteiger partial charge is 0.272 e. The number of aryl methyl sites for hydroxylation is 1. The molecule has 0 saturated carbocycles. The van der Waals surface area contributed by atoms with Crippen molar-refractivity contribution < 1.29 is 9.53 Å². The maximum Gasteiger partial charge on any atom is 0.272 e. The summed E-state index contributed by atoms with van der Waals surface area (Å²) >= 11 is 0. The van der Waals surface area contributed by atoms with Gasteiger partial charge in [-0.2, -0.15) is 5.10 Å². The van der Waals surface area contributed by atoms with Crippen LogP contribution in [-0.2, 0) is 17.7 Å². The van der Waals surface area contributed by atoms with E-state index in [1.165, 1.54) is 0 Å². The third-order valence-electron chi connectivity index (χ3n) is 5.88. The first-order valence-electron chi connectivity index (χ1n) is 10.0. The molecule has 1 saturated heterocycles. The predicted octanol–water partition coefficient (Wildman–Crippen LogP) is 2.18. The molecule has 8 nitrogen and oxygen atoms in total. The van der Waals surface area contributed by atoms with Crippen molar-refractivity contribution in [3.8, 4) is 0 Å². The summed E-state index contributed by atoms with van der Waals surface area (Å²) in [5.74, 6) is 2.42. The molecule has 2 aromatic heterocycles. The van der Waals surface area contributed by atoms with Crippen molar-refractivity contribution in [1.82, 2.24) is 30.3 Å². The molecule has 5 rings (SSSR count). The number of ether oxygens (including phenoxy) is 1. The highest BCUT2D eigenvalue weighted by molar-refractivity contribution is 6.04.